The highest BCUT2D eigenvalue weighted by molar-refractivity contribution is 5.97. The van der Waals surface area contributed by atoms with Crippen molar-refractivity contribution in [3.63, 3.8) is 0 Å². The lowest BCUT2D eigenvalue weighted by atomic mass is 10.0. The first-order valence-electron chi connectivity index (χ1n) is 12.9. The SMILES string of the molecule is CCCCCCCCCCCCCCOC(=O)C(CC(C)C)NC(=O)c1ccc(F)c(F)c1F. The highest BCUT2D eigenvalue weighted by Crippen LogP contribution is 2.17. The van der Waals surface area contributed by atoms with E-state index in [4.69, 9.17) is 4.74 Å². The molecule has 0 bridgehead atoms. The topological polar surface area (TPSA) is 55.4 Å². The van der Waals surface area contributed by atoms with Gasteiger partial charge in [0.25, 0.3) is 5.91 Å². The van der Waals surface area contributed by atoms with Crippen LogP contribution in [0.4, 0.5) is 13.2 Å². The number of carbonyl (C=O) groups excluding carboxylic acids is 2. The zero-order valence-electron chi connectivity index (χ0n) is 21.1. The normalized spacial score (nSPS) is 12.1. The van der Waals surface area contributed by atoms with Crippen molar-refractivity contribution in [2.75, 3.05) is 6.61 Å². The van der Waals surface area contributed by atoms with Gasteiger partial charge in [0.05, 0.1) is 12.2 Å². The van der Waals surface area contributed by atoms with Crippen LogP contribution in [0.25, 0.3) is 0 Å². The summed E-state index contributed by atoms with van der Waals surface area (Å²) in [6, 6.07) is 0.543. The monoisotopic (exact) mass is 485 g/mol. The molecule has 1 atom stereocenters. The maximum atomic E-state index is 13.9. The molecule has 0 aromatic heterocycles. The van der Waals surface area contributed by atoms with Crippen molar-refractivity contribution in [3.05, 3.63) is 35.1 Å². The first-order chi connectivity index (χ1) is 16.3. The van der Waals surface area contributed by atoms with Crippen LogP contribution in [0.2, 0.25) is 0 Å². The molecule has 0 fully saturated rings. The predicted octanol–water partition coefficient (Wildman–Crippen LogP) is 7.49. The lowest BCUT2D eigenvalue weighted by Gasteiger charge is -2.19. The highest BCUT2D eigenvalue weighted by Gasteiger charge is 2.26. The number of nitrogens with one attached hydrogen (secondary N) is 1. The van der Waals surface area contributed by atoms with Crippen molar-refractivity contribution in [3.8, 4) is 0 Å². The van der Waals surface area contributed by atoms with Crippen molar-refractivity contribution in [1.29, 1.82) is 0 Å². The van der Waals surface area contributed by atoms with Gasteiger partial charge in [-0.05, 0) is 30.9 Å². The van der Waals surface area contributed by atoms with Crippen LogP contribution in [0.5, 0.6) is 0 Å². The largest absolute Gasteiger partial charge is 0.464 e. The van der Waals surface area contributed by atoms with E-state index in [9.17, 15) is 22.8 Å². The van der Waals surface area contributed by atoms with E-state index in [1.165, 1.54) is 57.8 Å². The van der Waals surface area contributed by atoms with Crippen molar-refractivity contribution in [2.45, 2.75) is 110 Å². The van der Waals surface area contributed by atoms with Crippen LogP contribution < -0.4 is 5.32 Å². The lowest BCUT2D eigenvalue weighted by Crippen LogP contribution is -2.43. The van der Waals surface area contributed by atoms with E-state index >= 15 is 0 Å². The second-order valence-electron chi connectivity index (χ2n) is 9.44. The van der Waals surface area contributed by atoms with Gasteiger partial charge in [0, 0.05) is 0 Å². The van der Waals surface area contributed by atoms with Crippen molar-refractivity contribution in [1.82, 2.24) is 5.32 Å². The van der Waals surface area contributed by atoms with Gasteiger partial charge in [0.2, 0.25) is 0 Å². The number of amides is 1. The van der Waals surface area contributed by atoms with Gasteiger partial charge >= 0.3 is 5.97 Å². The van der Waals surface area contributed by atoms with Gasteiger partial charge in [-0.1, -0.05) is 91.4 Å². The standard InChI is InChI=1S/C27H42F3NO3/c1-4-5-6-7-8-9-10-11-12-13-14-15-18-34-27(33)23(19-20(2)3)31-26(32)21-16-17-22(28)25(30)24(21)29/h16-17,20,23H,4-15,18-19H2,1-3H3,(H,31,32). The number of hydrogen-bond acceptors (Lipinski definition) is 3. The minimum atomic E-state index is -1.72. The Labute approximate surface area is 203 Å². The van der Waals surface area contributed by atoms with Crippen molar-refractivity contribution < 1.29 is 27.5 Å². The van der Waals surface area contributed by atoms with Crippen LogP contribution in [0.3, 0.4) is 0 Å². The third-order valence-electron chi connectivity index (χ3n) is 5.82. The van der Waals surface area contributed by atoms with Crippen LogP contribution in [0, 0.1) is 23.4 Å². The zero-order valence-corrected chi connectivity index (χ0v) is 21.1. The lowest BCUT2D eigenvalue weighted by molar-refractivity contribution is -0.146. The Morgan fingerprint density at radius 2 is 1.35 bits per heavy atom. The van der Waals surface area contributed by atoms with Gasteiger partial charge in [-0.2, -0.15) is 0 Å². The Hall–Kier alpha value is -2.05. The molecule has 0 radical (unpaired) electrons. The van der Waals surface area contributed by atoms with Crippen molar-refractivity contribution >= 4 is 11.9 Å². The third kappa shape index (κ3) is 11.9. The molecule has 34 heavy (non-hydrogen) atoms. The van der Waals surface area contributed by atoms with E-state index in [0.717, 1.165) is 25.3 Å². The molecule has 1 N–H and O–H groups in total. The fraction of sp³-hybridized carbons (Fsp3) is 0.704. The van der Waals surface area contributed by atoms with Gasteiger partial charge in [-0.25, -0.2) is 18.0 Å². The van der Waals surface area contributed by atoms with Crippen LogP contribution in [-0.2, 0) is 9.53 Å². The van der Waals surface area contributed by atoms with Gasteiger partial charge in [-0.3, -0.25) is 4.79 Å². The number of rotatable bonds is 18. The van der Waals surface area contributed by atoms with E-state index in [-0.39, 0.29) is 18.9 Å². The van der Waals surface area contributed by atoms with Crippen LogP contribution in [-0.4, -0.2) is 24.5 Å². The second-order valence-corrected chi connectivity index (χ2v) is 9.44. The van der Waals surface area contributed by atoms with E-state index in [0.29, 0.717) is 6.07 Å². The summed E-state index contributed by atoms with van der Waals surface area (Å²) in [7, 11) is 0. The number of esters is 1. The Bertz CT molecular complexity index is 740. The van der Waals surface area contributed by atoms with Crippen molar-refractivity contribution in [2.24, 2.45) is 5.92 Å². The van der Waals surface area contributed by atoms with Gasteiger partial charge in [0.15, 0.2) is 17.5 Å². The molecular formula is C27H42F3NO3. The summed E-state index contributed by atoms with van der Waals surface area (Å²) < 4.78 is 45.8. The molecule has 0 saturated heterocycles. The second kappa shape index (κ2) is 17.4. The third-order valence-corrected chi connectivity index (χ3v) is 5.82. The van der Waals surface area contributed by atoms with Gasteiger partial charge < -0.3 is 10.1 Å². The average Bonchev–Trinajstić information content (AvgIpc) is 2.79. The summed E-state index contributed by atoms with van der Waals surface area (Å²) in [5.74, 6) is -6.21. The molecule has 0 spiro atoms. The number of ether oxygens (including phenoxy) is 1. The Morgan fingerprint density at radius 3 is 1.88 bits per heavy atom. The van der Waals surface area contributed by atoms with Crippen LogP contribution in [0.1, 0.15) is 115 Å². The Morgan fingerprint density at radius 1 is 0.824 bits per heavy atom. The first-order valence-corrected chi connectivity index (χ1v) is 12.9. The smallest absolute Gasteiger partial charge is 0.328 e. The molecule has 1 aromatic rings. The Balaban J connectivity index is 2.31. The average molecular weight is 486 g/mol. The van der Waals surface area contributed by atoms with Gasteiger partial charge in [-0.15, -0.1) is 0 Å². The molecule has 0 saturated carbocycles. The molecular weight excluding hydrogens is 443 g/mol. The number of halogens is 3. The molecule has 1 rings (SSSR count). The number of hydrogen-bond donors (Lipinski definition) is 1. The molecule has 7 heteroatoms. The Kier molecular flexibility index (Phi) is 15.3. The molecule has 0 heterocycles. The molecule has 0 aliphatic rings. The summed E-state index contributed by atoms with van der Waals surface area (Å²) in [4.78, 5) is 24.9. The molecule has 1 aromatic carbocycles. The number of carbonyl (C=O) groups is 2. The number of unbranched alkanes of at least 4 members (excludes halogenated alkanes) is 11. The minimum absolute atomic E-state index is 0.0549. The maximum Gasteiger partial charge on any atom is 0.328 e. The molecule has 194 valence electrons. The van der Waals surface area contributed by atoms with Crippen LogP contribution in [0.15, 0.2) is 12.1 Å². The zero-order chi connectivity index (χ0) is 25.3. The summed E-state index contributed by atoms with van der Waals surface area (Å²) in [5.41, 5.74) is -0.651. The molecule has 1 unspecified atom stereocenters. The quantitative estimate of drug-likeness (QED) is 0.133. The predicted molar refractivity (Wildman–Crippen MR) is 129 cm³/mol. The summed E-state index contributed by atoms with van der Waals surface area (Å²) in [5, 5.41) is 2.41. The molecule has 1 amide bonds. The summed E-state index contributed by atoms with van der Waals surface area (Å²) in [6.45, 7) is 6.22. The van der Waals surface area contributed by atoms with E-state index in [2.05, 4.69) is 12.2 Å². The summed E-state index contributed by atoms with van der Waals surface area (Å²) in [6.07, 6.45) is 14.7. The minimum Gasteiger partial charge on any atom is -0.464 e. The van der Waals surface area contributed by atoms with E-state index in [1.807, 2.05) is 13.8 Å². The highest BCUT2D eigenvalue weighted by atomic mass is 19.2. The van der Waals surface area contributed by atoms with E-state index in [1.54, 1.807) is 0 Å². The summed E-state index contributed by atoms with van der Waals surface area (Å²) >= 11 is 0. The molecule has 4 nitrogen and oxygen atoms in total. The first kappa shape index (κ1) is 30.0. The molecule has 0 aliphatic heterocycles. The fourth-order valence-electron chi connectivity index (χ4n) is 3.84. The number of benzene rings is 1. The van der Waals surface area contributed by atoms with E-state index < -0.39 is 40.9 Å². The van der Waals surface area contributed by atoms with Gasteiger partial charge in [0.1, 0.15) is 6.04 Å². The fourth-order valence-corrected chi connectivity index (χ4v) is 3.84. The molecule has 0 aliphatic carbocycles. The van der Waals surface area contributed by atoms with Crippen LogP contribution >= 0.6 is 0 Å². The maximum absolute atomic E-state index is 13.9.